The third kappa shape index (κ3) is 16.0. The second-order valence-electron chi connectivity index (χ2n) is 11.1. The highest BCUT2D eigenvalue weighted by Crippen LogP contribution is 2.34. The first-order valence-corrected chi connectivity index (χ1v) is 11.0. The molecule has 0 heterocycles. The van der Waals surface area contributed by atoms with Crippen molar-refractivity contribution in [3.63, 3.8) is 0 Å². The smallest absolute Gasteiger partial charge is 0.220 e. The van der Waals surface area contributed by atoms with E-state index in [0.717, 1.165) is 38.2 Å². The molecule has 0 bridgehead atoms. The molecule has 0 unspecified atom stereocenters. The minimum absolute atomic E-state index is 0.131. The Hall–Kier alpha value is -0.220. The van der Waals surface area contributed by atoms with Crippen molar-refractivity contribution in [2.45, 2.75) is 105 Å². The van der Waals surface area contributed by atoms with Crippen molar-refractivity contribution in [3.8, 4) is 0 Å². The number of hydrogen-bond acceptors (Lipinski definition) is 3. The average molecular weight is 388 g/mol. The number of thioether (sulfide) groups is 1. The van der Waals surface area contributed by atoms with Crippen LogP contribution in [0.25, 0.3) is 0 Å². The Bertz CT molecular complexity index is 417. The Kier molecular flexibility index (Phi) is 10.3. The van der Waals surface area contributed by atoms with Crippen molar-refractivity contribution in [1.82, 2.24) is 5.32 Å². The van der Waals surface area contributed by atoms with Gasteiger partial charge in [-0.1, -0.05) is 55.4 Å². The zero-order valence-electron chi connectivity index (χ0n) is 19.2. The van der Waals surface area contributed by atoms with Crippen LogP contribution in [0.3, 0.4) is 0 Å². The fourth-order valence-corrected chi connectivity index (χ4v) is 3.26. The van der Waals surface area contributed by atoms with Crippen molar-refractivity contribution in [2.24, 2.45) is 10.8 Å². The molecule has 1 amide bonds. The molecule has 0 aliphatic rings. The molecule has 0 spiro atoms. The van der Waals surface area contributed by atoms with Gasteiger partial charge in [-0.2, -0.15) is 11.8 Å². The van der Waals surface area contributed by atoms with Gasteiger partial charge in [0.2, 0.25) is 5.91 Å². The van der Waals surface area contributed by atoms with Crippen LogP contribution in [0.15, 0.2) is 0 Å². The van der Waals surface area contributed by atoms with Gasteiger partial charge >= 0.3 is 0 Å². The molecule has 0 aromatic rings. The molecule has 1 N–H and O–H groups in total. The van der Waals surface area contributed by atoms with Crippen LogP contribution < -0.4 is 5.32 Å². The van der Waals surface area contributed by atoms with E-state index in [-0.39, 0.29) is 21.7 Å². The van der Waals surface area contributed by atoms with E-state index in [1.54, 1.807) is 0 Å². The number of carbonyl (C=O) groups excluding carboxylic acids is 1. The minimum Gasteiger partial charge on any atom is -0.376 e. The molecule has 0 atom stereocenters. The summed E-state index contributed by atoms with van der Waals surface area (Å²) in [4.78, 5) is 12.0. The molecule has 0 rings (SSSR count). The van der Waals surface area contributed by atoms with Gasteiger partial charge in [-0.25, -0.2) is 0 Å². The van der Waals surface area contributed by atoms with Crippen LogP contribution in [-0.4, -0.2) is 35.2 Å². The van der Waals surface area contributed by atoms with Crippen LogP contribution in [-0.2, 0) is 9.53 Å². The SMILES string of the molecule is CC(C)(C)CCNC(=O)CCC(C)(C)OCCC(C)(C)SCC(C)(C)C. The monoisotopic (exact) mass is 387 g/mol. The van der Waals surface area contributed by atoms with Crippen molar-refractivity contribution in [1.29, 1.82) is 0 Å². The molecule has 0 radical (unpaired) electrons. The van der Waals surface area contributed by atoms with E-state index in [1.165, 1.54) is 0 Å². The number of rotatable bonds is 11. The van der Waals surface area contributed by atoms with Crippen LogP contribution in [0.1, 0.15) is 94.9 Å². The summed E-state index contributed by atoms with van der Waals surface area (Å²) >= 11 is 2.02. The van der Waals surface area contributed by atoms with Crippen LogP contribution in [0.4, 0.5) is 0 Å². The summed E-state index contributed by atoms with van der Waals surface area (Å²) in [5.41, 5.74) is 0.349. The Morgan fingerprint density at radius 3 is 1.92 bits per heavy atom. The molecule has 0 saturated carbocycles. The zero-order chi connectivity index (χ0) is 20.6. The molecule has 0 aromatic heterocycles. The van der Waals surface area contributed by atoms with Gasteiger partial charge in [-0.05, 0) is 49.7 Å². The number of carbonyl (C=O) groups is 1. The average Bonchev–Trinajstić information content (AvgIpc) is 2.41. The fraction of sp³-hybridized carbons (Fsp3) is 0.955. The van der Waals surface area contributed by atoms with Gasteiger partial charge in [-0.15, -0.1) is 0 Å². The molecular formula is C22H45NO2S. The summed E-state index contributed by atoms with van der Waals surface area (Å²) in [6.45, 7) is 23.7. The largest absolute Gasteiger partial charge is 0.376 e. The van der Waals surface area contributed by atoms with Gasteiger partial charge in [0.1, 0.15) is 0 Å². The zero-order valence-corrected chi connectivity index (χ0v) is 20.0. The topological polar surface area (TPSA) is 38.3 Å². The van der Waals surface area contributed by atoms with E-state index in [0.29, 0.717) is 11.8 Å². The molecule has 3 nitrogen and oxygen atoms in total. The van der Waals surface area contributed by atoms with Crippen LogP contribution in [0.2, 0.25) is 0 Å². The predicted octanol–water partition coefficient (Wildman–Crippen LogP) is 6.06. The summed E-state index contributed by atoms with van der Waals surface area (Å²) < 4.78 is 6.33. The molecule has 26 heavy (non-hydrogen) atoms. The van der Waals surface area contributed by atoms with Gasteiger partial charge < -0.3 is 10.1 Å². The normalized spacial score (nSPS) is 13.8. The second-order valence-corrected chi connectivity index (χ2v) is 12.8. The van der Waals surface area contributed by atoms with E-state index in [1.807, 2.05) is 11.8 Å². The summed E-state index contributed by atoms with van der Waals surface area (Å²) in [7, 11) is 0. The lowest BCUT2D eigenvalue weighted by Gasteiger charge is -2.31. The van der Waals surface area contributed by atoms with Gasteiger partial charge in [0, 0.05) is 24.3 Å². The van der Waals surface area contributed by atoms with Crippen LogP contribution >= 0.6 is 11.8 Å². The number of nitrogens with one attached hydrogen (secondary N) is 1. The highest BCUT2D eigenvalue weighted by atomic mass is 32.2. The highest BCUT2D eigenvalue weighted by Gasteiger charge is 2.25. The molecule has 156 valence electrons. The predicted molar refractivity (Wildman–Crippen MR) is 117 cm³/mol. The molecule has 0 aliphatic carbocycles. The van der Waals surface area contributed by atoms with E-state index in [2.05, 4.69) is 74.6 Å². The highest BCUT2D eigenvalue weighted by molar-refractivity contribution is 8.00. The molecule has 0 aliphatic heterocycles. The Morgan fingerprint density at radius 1 is 0.846 bits per heavy atom. The van der Waals surface area contributed by atoms with Crippen LogP contribution in [0, 0.1) is 10.8 Å². The number of ether oxygens (including phenoxy) is 1. The van der Waals surface area contributed by atoms with E-state index >= 15 is 0 Å². The first-order chi connectivity index (χ1) is 11.5. The molecule has 0 aromatic carbocycles. The number of hydrogen-bond donors (Lipinski definition) is 1. The summed E-state index contributed by atoms with van der Waals surface area (Å²) in [5, 5.41) is 3.03. The first kappa shape index (κ1) is 25.8. The Labute approximate surface area is 167 Å². The van der Waals surface area contributed by atoms with Crippen molar-refractivity contribution in [2.75, 3.05) is 18.9 Å². The summed E-state index contributed by atoms with van der Waals surface area (Å²) in [6, 6.07) is 0. The molecule has 4 heteroatoms. The maximum atomic E-state index is 12.0. The second kappa shape index (κ2) is 10.4. The lowest BCUT2D eigenvalue weighted by atomic mass is 9.92. The maximum absolute atomic E-state index is 12.0. The third-order valence-corrected chi connectivity index (χ3v) is 6.24. The van der Waals surface area contributed by atoms with Gasteiger partial charge in [0.25, 0.3) is 0 Å². The Balaban J connectivity index is 4.08. The van der Waals surface area contributed by atoms with E-state index < -0.39 is 0 Å². The van der Waals surface area contributed by atoms with Crippen molar-refractivity contribution < 1.29 is 9.53 Å². The van der Waals surface area contributed by atoms with E-state index in [4.69, 9.17) is 4.74 Å². The van der Waals surface area contributed by atoms with E-state index in [9.17, 15) is 4.79 Å². The van der Waals surface area contributed by atoms with Crippen LogP contribution in [0.5, 0.6) is 0 Å². The lowest BCUT2D eigenvalue weighted by molar-refractivity contribution is -0.123. The van der Waals surface area contributed by atoms with Gasteiger partial charge in [0.15, 0.2) is 0 Å². The minimum atomic E-state index is -0.258. The molecule has 0 saturated heterocycles. The summed E-state index contributed by atoms with van der Waals surface area (Å²) in [5.74, 6) is 1.28. The molecule has 0 fully saturated rings. The van der Waals surface area contributed by atoms with Crippen molar-refractivity contribution >= 4 is 17.7 Å². The van der Waals surface area contributed by atoms with Gasteiger partial charge in [0.05, 0.1) is 5.60 Å². The van der Waals surface area contributed by atoms with Gasteiger partial charge in [-0.3, -0.25) is 4.79 Å². The third-order valence-electron chi connectivity index (χ3n) is 4.24. The summed E-state index contributed by atoms with van der Waals surface area (Å²) in [6.07, 6.45) is 3.30. The maximum Gasteiger partial charge on any atom is 0.220 e. The standard InChI is InChI=1S/C22H45NO2S/c1-19(2,3)13-15-23-18(24)11-12-21(7,8)25-16-14-22(9,10)26-17-20(4,5)6/h11-17H2,1-10H3,(H,23,24). The fourth-order valence-electron chi connectivity index (χ4n) is 2.21. The first-order valence-electron chi connectivity index (χ1n) is 10.1. The number of amides is 1. The Morgan fingerprint density at radius 2 is 1.42 bits per heavy atom. The van der Waals surface area contributed by atoms with Crippen molar-refractivity contribution in [3.05, 3.63) is 0 Å². The lowest BCUT2D eigenvalue weighted by Crippen LogP contribution is -2.32. The quantitative estimate of drug-likeness (QED) is 0.468. The molecular weight excluding hydrogens is 342 g/mol.